The largest absolute Gasteiger partial charge is 0.387 e. The van der Waals surface area contributed by atoms with Crippen molar-refractivity contribution < 1.29 is 37.8 Å². The minimum atomic E-state index is -3.71. The highest BCUT2D eigenvalue weighted by atomic mass is 32.2. The van der Waals surface area contributed by atoms with Crippen molar-refractivity contribution in [3.63, 3.8) is 0 Å². The van der Waals surface area contributed by atoms with Crippen molar-refractivity contribution >= 4 is 10.1 Å². The number of ether oxygens (including phenoxy) is 1. The molecule has 9 heteroatoms. The van der Waals surface area contributed by atoms with Gasteiger partial charge in [-0.15, -0.1) is 0 Å². The maximum absolute atomic E-state index is 10.7. The third kappa shape index (κ3) is 3.35. The van der Waals surface area contributed by atoms with E-state index in [2.05, 4.69) is 8.92 Å². The van der Waals surface area contributed by atoms with E-state index in [1.54, 1.807) is 0 Å². The summed E-state index contributed by atoms with van der Waals surface area (Å²) in [4.78, 5) is 0. The smallest absolute Gasteiger partial charge is 0.264 e. The molecule has 1 saturated heterocycles. The lowest BCUT2D eigenvalue weighted by Gasteiger charge is -2.37. The fourth-order valence-electron chi connectivity index (χ4n) is 1.26. The molecule has 0 aliphatic carbocycles. The van der Waals surface area contributed by atoms with Gasteiger partial charge in [0.25, 0.3) is 10.1 Å². The topological polar surface area (TPSA) is 134 Å². The van der Waals surface area contributed by atoms with Crippen molar-refractivity contribution in [3.05, 3.63) is 0 Å². The Balaban J connectivity index is 2.61. The van der Waals surface area contributed by atoms with Crippen LogP contribution in [0.5, 0.6) is 0 Å². The van der Waals surface area contributed by atoms with Gasteiger partial charge in [-0.3, -0.25) is 4.18 Å². The summed E-state index contributed by atoms with van der Waals surface area (Å²) in [6.07, 6.45) is -6.94. The Bertz CT molecular complexity index is 327. The quantitative estimate of drug-likeness (QED) is 0.388. The van der Waals surface area contributed by atoms with Crippen LogP contribution in [0.4, 0.5) is 0 Å². The molecule has 1 aliphatic heterocycles. The van der Waals surface area contributed by atoms with Crippen LogP contribution in [0.25, 0.3) is 0 Å². The molecule has 0 radical (unpaired) electrons. The Morgan fingerprint density at radius 3 is 2.19 bits per heavy atom. The molecule has 16 heavy (non-hydrogen) atoms. The normalized spacial score (nSPS) is 40.9. The van der Waals surface area contributed by atoms with Crippen LogP contribution in [0, 0.1) is 0 Å². The Hall–Kier alpha value is -0.290. The summed E-state index contributed by atoms with van der Waals surface area (Å²) < 4.78 is 30.4. The van der Waals surface area contributed by atoms with E-state index in [1.807, 2.05) is 0 Å². The van der Waals surface area contributed by atoms with Crippen LogP contribution >= 0.6 is 0 Å². The van der Waals surface area contributed by atoms with Crippen LogP contribution < -0.4 is 0 Å². The molecule has 0 saturated carbocycles. The number of aliphatic hydroxyl groups excluding tert-OH is 4. The van der Waals surface area contributed by atoms with Crippen LogP contribution in [0.2, 0.25) is 0 Å². The minimum absolute atomic E-state index is 0.555. The van der Waals surface area contributed by atoms with Crippen LogP contribution in [-0.4, -0.2) is 72.4 Å². The van der Waals surface area contributed by atoms with E-state index in [0.29, 0.717) is 0 Å². The zero-order valence-electron chi connectivity index (χ0n) is 8.42. The molecule has 8 nitrogen and oxygen atoms in total. The van der Waals surface area contributed by atoms with Crippen molar-refractivity contribution in [3.8, 4) is 0 Å². The fraction of sp³-hybridized carbons (Fsp3) is 1.00. The van der Waals surface area contributed by atoms with Gasteiger partial charge in [-0.25, -0.2) is 0 Å². The summed E-state index contributed by atoms with van der Waals surface area (Å²) in [5.41, 5.74) is 0. The van der Waals surface area contributed by atoms with E-state index >= 15 is 0 Å². The van der Waals surface area contributed by atoms with Gasteiger partial charge in [-0.2, -0.15) is 8.42 Å². The standard InChI is InChI=1S/C7H14O8S/c1-16(12,13)14-2-3-4(8)5(9)6(10)7(11)15-3/h3-11H,2H2,1H3/t3-,4-,5+,6-,7-/m1/s1. The van der Waals surface area contributed by atoms with Gasteiger partial charge in [-0.05, 0) is 0 Å². The van der Waals surface area contributed by atoms with E-state index in [9.17, 15) is 18.6 Å². The lowest BCUT2D eigenvalue weighted by atomic mass is 10.00. The van der Waals surface area contributed by atoms with Crippen LogP contribution in [-0.2, 0) is 19.0 Å². The highest BCUT2D eigenvalue weighted by molar-refractivity contribution is 7.85. The Morgan fingerprint density at radius 1 is 1.12 bits per heavy atom. The molecule has 0 bridgehead atoms. The molecule has 0 aromatic heterocycles. The molecule has 1 heterocycles. The first-order valence-corrected chi connectivity index (χ1v) is 6.26. The van der Waals surface area contributed by atoms with Gasteiger partial charge < -0.3 is 25.2 Å². The maximum Gasteiger partial charge on any atom is 0.264 e. The van der Waals surface area contributed by atoms with E-state index < -0.39 is 47.4 Å². The predicted molar refractivity (Wildman–Crippen MR) is 49.7 cm³/mol. The lowest BCUT2D eigenvalue weighted by Crippen LogP contribution is -2.58. The first-order chi connectivity index (χ1) is 7.22. The van der Waals surface area contributed by atoms with Crippen LogP contribution in [0.1, 0.15) is 0 Å². The van der Waals surface area contributed by atoms with Crippen molar-refractivity contribution in [1.82, 2.24) is 0 Å². The summed E-state index contributed by atoms with van der Waals surface area (Å²) >= 11 is 0. The molecule has 1 aliphatic rings. The van der Waals surface area contributed by atoms with Crippen LogP contribution in [0.3, 0.4) is 0 Å². The highest BCUT2D eigenvalue weighted by Gasteiger charge is 2.43. The third-order valence-corrected chi connectivity index (χ3v) is 2.70. The van der Waals surface area contributed by atoms with Crippen LogP contribution in [0.15, 0.2) is 0 Å². The van der Waals surface area contributed by atoms with Gasteiger partial charge in [0.05, 0.1) is 12.9 Å². The average molecular weight is 258 g/mol. The molecule has 96 valence electrons. The van der Waals surface area contributed by atoms with Crippen molar-refractivity contribution in [1.29, 1.82) is 0 Å². The van der Waals surface area contributed by atoms with Gasteiger partial charge in [0.1, 0.15) is 24.4 Å². The Kier molecular flexibility index (Phi) is 4.23. The summed E-state index contributed by atoms with van der Waals surface area (Å²) in [5.74, 6) is 0. The summed E-state index contributed by atoms with van der Waals surface area (Å²) in [5, 5.41) is 36.9. The Morgan fingerprint density at radius 2 is 1.69 bits per heavy atom. The summed E-state index contributed by atoms with van der Waals surface area (Å²) in [6.45, 7) is -0.555. The van der Waals surface area contributed by atoms with Gasteiger partial charge in [0.15, 0.2) is 6.29 Å². The molecular formula is C7H14O8S. The third-order valence-electron chi connectivity index (χ3n) is 2.13. The molecule has 1 fully saturated rings. The van der Waals surface area contributed by atoms with E-state index in [0.717, 1.165) is 6.26 Å². The molecule has 5 atom stereocenters. The fourth-order valence-corrected chi connectivity index (χ4v) is 1.64. The number of aliphatic hydroxyl groups is 4. The second kappa shape index (κ2) is 4.92. The van der Waals surface area contributed by atoms with E-state index in [4.69, 9.17) is 10.2 Å². The number of rotatable bonds is 3. The number of hydrogen-bond donors (Lipinski definition) is 4. The van der Waals surface area contributed by atoms with E-state index in [1.165, 1.54) is 0 Å². The molecule has 0 unspecified atom stereocenters. The SMILES string of the molecule is CS(=O)(=O)OC[C@H]1O[C@@H](O)[C@H](O)[C@@H](O)[C@@H]1O. The highest BCUT2D eigenvalue weighted by Crippen LogP contribution is 2.20. The molecule has 4 N–H and O–H groups in total. The predicted octanol–water partition coefficient (Wildman–Crippen LogP) is -3.24. The molecule has 0 aromatic carbocycles. The van der Waals surface area contributed by atoms with E-state index in [-0.39, 0.29) is 0 Å². The molecule has 0 spiro atoms. The number of hydrogen-bond acceptors (Lipinski definition) is 8. The first kappa shape index (κ1) is 13.8. The lowest BCUT2D eigenvalue weighted by molar-refractivity contribution is -0.285. The summed E-state index contributed by atoms with van der Waals surface area (Å²) in [7, 11) is -3.71. The monoisotopic (exact) mass is 258 g/mol. The first-order valence-electron chi connectivity index (χ1n) is 4.44. The summed E-state index contributed by atoms with van der Waals surface area (Å²) in [6, 6.07) is 0. The van der Waals surface area contributed by atoms with Gasteiger partial charge in [0.2, 0.25) is 0 Å². The second-order valence-electron chi connectivity index (χ2n) is 3.53. The molecular weight excluding hydrogens is 244 g/mol. The second-order valence-corrected chi connectivity index (χ2v) is 5.17. The molecule has 0 aromatic rings. The van der Waals surface area contributed by atoms with Gasteiger partial charge >= 0.3 is 0 Å². The zero-order valence-corrected chi connectivity index (χ0v) is 9.24. The van der Waals surface area contributed by atoms with Gasteiger partial charge in [0, 0.05) is 0 Å². The minimum Gasteiger partial charge on any atom is -0.387 e. The molecule has 1 rings (SSSR count). The zero-order chi connectivity index (χ0) is 12.5. The maximum atomic E-state index is 10.7. The van der Waals surface area contributed by atoms with Gasteiger partial charge in [-0.1, -0.05) is 0 Å². The van der Waals surface area contributed by atoms with Crippen molar-refractivity contribution in [2.24, 2.45) is 0 Å². The van der Waals surface area contributed by atoms with Crippen molar-refractivity contribution in [2.75, 3.05) is 12.9 Å². The Labute approximate surface area is 92.2 Å². The van der Waals surface area contributed by atoms with Crippen molar-refractivity contribution in [2.45, 2.75) is 30.7 Å². The average Bonchev–Trinajstić information content (AvgIpc) is 2.17. The molecule has 0 amide bonds.